The van der Waals surface area contributed by atoms with Crippen LogP contribution < -0.4 is 10.9 Å². The van der Waals surface area contributed by atoms with Crippen LogP contribution in [-0.4, -0.2) is 21.6 Å². The zero-order valence-electron chi connectivity index (χ0n) is 14.2. The van der Waals surface area contributed by atoms with Crippen LogP contribution in [0.3, 0.4) is 0 Å². The Hall–Kier alpha value is -2.82. The SMILES string of the molecule is O=C(CCn1ccc2ccccc21)NCCCCn1ccccc1=O. The van der Waals surface area contributed by atoms with E-state index < -0.39 is 0 Å². The molecule has 0 aliphatic heterocycles. The molecule has 0 fully saturated rings. The number of rotatable bonds is 8. The topological polar surface area (TPSA) is 56.0 Å². The third kappa shape index (κ3) is 4.59. The van der Waals surface area contributed by atoms with E-state index in [0.717, 1.165) is 18.4 Å². The van der Waals surface area contributed by atoms with Crippen LogP contribution in [0.1, 0.15) is 19.3 Å². The molecule has 0 unspecified atom stereocenters. The van der Waals surface area contributed by atoms with Gasteiger partial charge in [-0.1, -0.05) is 24.3 Å². The molecular formula is C20H23N3O2. The van der Waals surface area contributed by atoms with Gasteiger partial charge < -0.3 is 14.5 Å². The maximum absolute atomic E-state index is 12.0. The van der Waals surface area contributed by atoms with Gasteiger partial charge in [-0.3, -0.25) is 9.59 Å². The number of carbonyl (C=O) groups excluding carboxylic acids is 1. The number of carbonyl (C=O) groups is 1. The number of nitrogens with one attached hydrogen (secondary N) is 1. The number of hydrogen-bond acceptors (Lipinski definition) is 2. The predicted molar refractivity (Wildman–Crippen MR) is 99.5 cm³/mol. The molecule has 0 bridgehead atoms. The summed E-state index contributed by atoms with van der Waals surface area (Å²) < 4.78 is 3.80. The van der Waals surface area contributed by atoms with Gasteiger partial charge in [0.2, 0.25) is 11.5 Å². The fourth-order valence-corrected chi connectivity index (χ4v) is 2.93. The summed E-state index contributed by atoms with van der Waals surface area (Å²) in [6.45, 7) is 2.01. The minimum atomic E-state index is 0.0190. The molecule has 5 heteroatoms. The summed E-state index contributed by atoms with van der Waals surface area (Å²) in [5.41, 5.74) is 1.18. The average molecular weight is 337 g/mol. The molecule has 1 N–H and O–H groups in total. The van der Waals surface area contributed by atoms with E-state index in [1.54, 1.807) is 22.9 Å². The normalized spacial score (nSPS) is 10.9. The molecule has 0 aliphatic rings. The minimum absolute atomic E-state index is 0.0190. The molecule has 3 aromatic rings. The van der Waals surface area contributed by atoms with Crippen molar-refractivity contribution in [3.05, 3.63) is 71.3 Å². The molecule has 0 atom stereocenters. The van der Waals surface area contributed by atoms with E-state index in [-0.39, 0.29) is 11.5 Å². The monoisotopic (exact) mass is 337 g/mol. The highest BCUT2D eigenvalue weighted by Gasteiger charge is 2.04. The molecule has 130 valence electrons. The van der Waals surface area contributed by atoms with Gasteiger partial charge in [0.05, 0.1) is 0 Å². The first-order chi connectivity index (χ1) is 12.2. The number of aryl methyl sites for hydroxylation is 2. The van der Waals surface area contributed by atoms with E-state index in [1.165, 1.54) is 5.39 Å². The fourth-order valence-electron chi connectivity index (χ4n) is 2.93. The summed E-state index contributed by atoms with van der Waals surface area (Å²) in [4.78, 5) is 23.6. The largest absolute Gasteiger partial charge is 0.356 e. The first-order valence-electron chi connectivity index (χ1n) is 8.70. The Bertz CT molecular complexity index is 895. The highest BCUT2D eigenvalue weighted by Crippen LogP contribution is 2.15. The van der Waals surface area contributed by atoms with Crippen LogP contribution in [0.4, 0.5) is 0 Å². The lowest BCUT2D eigenvalue weighted by Crippen LogP contribution is -2.26. The van der Waals surface area contributed by atoms with E-state index in [1.807, 2.05) is 24.4 Å². The number of fused-ring (bicyclic) bond motifs is 1. The molecule has 0 aliphatic carbocycles. The van der Waals surface area contributed by atoms with Crippen molar-refractivity contribution in [2.75, 3.05) is 6.54 Å². The summed E-state index contributed by atoms with van der Waals surface area (Å²) in [6, 6.07) is 15.4. The lowest BCUT2D eigenvalue weighted by molar-refractivity contribution is -0.121. The van der Waals surface area contributed by atoms with Crippen molar-refractivity contribution in [1.29, 1.82) is 0 Å². The summed E-state index contributed by atoms with van der Waals surface area (Å²) in [6.07, 6.45) is 6.01. The quantitative estimate of drug-likeness (QED) is 0.643. The number of para-hydroxylation sites is 1. The fraction of sp³-hybridized carbons (Fsp3) is 0.300. The minimum Gasteiger partial charge on any atom is -0.356 e. The Kier molecular flexibility index (Phi) is 5.67. The number of unbranched alkanes of at least 4 members (excludes halogenated alkanes) is 1. The maximum Gasteiger partial charge on any atom is 0.250 e. The van der Waals surface area contributed by atoms with Gasteiger partial charge in [-0.05, 0) is 36.4 Å². The smallest absolute Gasteiger partial charge is 0.250 e. The first-order valence-corrected chi connectivity index (χ1v) is 8.70. The number of hydrogen-bond donors (Lipinski definition) is 1. The molecular weight excluding hydrogens is 314 g/mol. The second-order valence-corrected chi connectivity index (χ2v) is 6.11. The van der Waals surface area contributed by atoms with E-state index >= 15 is 0 Å². The van der Waals surface area contributed by atoms with E-state index in [0.29, 0.717) is 26.1 Å². The van der Waals surface area contributed by atoms with Gasteiger partial charge in [0, 0.05) is 50.0 Å². The van der Waals surface area contributed by atoms with Crippen molar-refractivity contribution in [2.45, 2.75) is 32.4 Å². The van der Waals surface area contributed by atoms with Gasteiger partial charge in [-0.25, -0.2) is 0 Å². The number of nitrogens with zero attached hydrogens (tertiary/aromatic N) is 2. The Morgan fingerprint density at radius 1 is 0.880 bits per heavy atom. The molecule has 0 saturated carbocycles. The second kappa shape index (κ2) is 8.33. The third-order valence-corrected chi connectivity index (χ3v) is 4.31. The van der Waals surface area contributed by atoms with Gasteiger partial charge in [-0.15, -0.1) is 0 Å². The Balaban J connectivity index is 1.36. The van der Waals surface area contributed by atoms with Crippen LogP contribution in [0.15, 0.2) is 65.7 Å². The maximum atomic E-state index is 12.0. The highest BCUT2D eigenvalue weighted by atomic mass is 16.1. The molecule has 2 heterocycles. The van der Waals surface area contributed by atoms with Crippen LogP contribution >= 0.6 is 0 Å². The lowest BCUT2D eigenvalue weighted by atomic mass is 10.2. The van der Waals surface area contributed by atoms with Crippen molar-refractivity contribution in [1.82, 2.24) is 14.5 Å². The number of aromatic nitrogens is 2. The molecule has 5 nitrogen and oxygen atoms in total. The standard InChI is InChI=1S/C20H23N3O2/c24-19(11-16-22-15-10-17-7-1-2-8-18(17)22)21-12-4-6-14-23-13-5-3-9-20(23)25/h1-3,5,7-10,13,15H,4,6,11-12,14,16H2,(H,21,24). The molecule has 1 amide bonds. The van der Waals surface area contributed by atoms with Crippen molar-refractivity contribution in [3.63, 3.8) is 0 Å². The van der Waals surface area contributed by atoms with E-state index in [2.05, 4.69) is 28.1 Å². The van der Waals surface area contributed by atoms with Gasteiger partial charge in [0.1, 0.15) is 0 Å². The molecule has 25 heavy (non-hydrogen) atoms. The summed E-state index contributed by atoms with van der Waals surface area (Å²) in [5.74, 6) is 0.0645. The Morgan fingerprint density at radius 2 is 1.72 bits per heavy atom. The third-order valence-electron chi connectivity index (χ3n) is 4.31. The summed E-state index contributed by atoms with van der Waals surface area (Å²) in [5, 5.41) is 4.15. The molecule has 2 aromatic heterocycles. The zero-order chi connectivity index (χ0) is 17.5. The highest BCUT2D eigenvalue weighted by molar-refractivity contribution is 5.80. The number of benzene rings is 1. The molecule has 0 saturated heterocycles. The second-order valence-electron chi connectivity index (χ2n) is 6.11. The van der Waals surface area contributed by atoms with Crippen LogP contribution in [-0.2, 0) is 17.9 Å². The lowest BCUT2D eigenvalue weighted by Gasteiger charge is -2.08. The molecule has 3 rings (SSSR count). The van der Waals surface area contributed by atoms with Gasteiger partial charge in [-0.2, -0.15) is 0 Å². The molecule has 0 radical (unpaired) electrons. The Morgan fingerprint density at radius 3 is 2.60 bits per heavy atom. The van der Waals surface area contributed by atoms with E-state index in [9.17, 15) is 9.59 Å². The van der Waals surface area contributed by atoms with Crippen LogP contribution in [0.2, 0.25) is 0 Å². The number of amides is 1. The van der Waals surface area contributed by atoms with Crippen molar-refractivity contribution in [3.8, 4) is 0 Å². The summed E-state index contributed by atoms with van der Waals surface area (Å²) in [7, 11) is 0. The predicted octanol–water partition coefficient (Wildman–Crippen LogP) is 2.79. The van der Waals surface area contributed by atoms with Crippen molar-refractivity contribution in [2.24, 2.45) is 0 Å². The van der Waals surface area contributed by atoms with Gasteiger partial charge in [0.25, 0.3) is 0 Å². The van der Waals surface area contributed by atoms with Crippen LogP contribution in [0, 0.1) is 0 Å². The van der Waals surface area contributed by atoms with Gasteiger partial charge in [0.15, 0.2) is 0 Å². The first kappa shape index (κ1) is 17.0. The summed E-state index contributed by atoms with van der Waals surface area (Å²) >= 11 is 0. The number of pyridine rings is 1. The van der Waals surface area contributed by atoms with Crippen LogP contribution in [0.25, 0.3) is 10.9 Å². The molecule has 1 aromatic carbocycles. The molecule has 0 spiro atoms. The van der Waals surface area contributed by atoms with Crippen molar-refractivity contribution < 1.29 is 4.79 Å². The average Bonchev–Trinajstić information content (AvgIpc) is 3.04. The Labute approximate surface area is 146 Å². The van der Waals surface area contributed by atoms with Crippen LogP contribution in [0.5, 0.6) is 0 Å². The van der Waals surface area contributed by atoms with Gasteiger partial charge >= 0.3 is 0 Å². The van der Waals surface area contributed by atoms with E-state index in [4.69, 9.17) is 0 Å². The van der Waals surface area contributed by atoms with Crippen molar-refractivity contribution >= 4 is 16.8 Å². The zero-order valence-corrected chi connectivity index (χ0v) is 14.2.